The quantitative estimate of drug-likeness (QED) is 0.799. The van der Waals surface area contributed by atoms with Gasteiger partial charge in [-0.1, -0.05) is 15.9 Å². The molecule has 0 spiro atoms. The second-order valence-electron chi connectivity index (χ2n) is 3.70. The van der Waals surface area contributed by atoms with Crippen molar-refractivity contribution < 1.29 is 14.7 Å². The van der Waals surface area contributed by atoms with Gasteiger partial charge in [-0.3, -0.25) is 0 Å². The number of benzene rings is 1. The fourth-order valence-electron chi connectivity index (χ4n) is 1.45. The summed E-state index contributed by atoms with van der Waals surface area (Å²) in [5.74, 6) is -1.13. The van der Waals surface area contributed by atoms with Crippen molar-refractivity contribution in [2.45, 2.75) is 0 Å². The van der Waals surface area contributed by atoms with Crippen molar-refractivity contribution in [3.05, 3.63) is 47.0 Å². The second kappa shape index (κ2) is 6.11. The van der Waals surface area contributed by atoms with Gasteiger partial charge in [-0.25, -0.2) is 19.6 Å². The maximum atomic E-state index is 11.8. The Kier molecular flexibility index (Phi) is 4.26. The minimum Gasteiger partial charge on any atom is -0.478 e. The predicted octanol–water partition coefficient (Wildman–Crippen LogP) is 2.58. The smallest absolute Gasteiger partial charge is 0.337 e. The minimum atomic E-state index is -1.13. The van der Waals surface area contributed by atoms with Crippen LogP contribution in [0.1, 0.15) is 10.4 Å². The number of nitrogens with one attached hydrogen (secondary N) is 2. The first-order chi connectivity index (χ1) is 9.56. The van der Waals surface area contributed by atoms with Crippen LogP contribution in [-0.2, 0) is 0 Å². The summed E-state index contributed by atoms with van der Waals surface area (Å²) >= 11 is 3.18. The van der Waals surface area contributed by atoms with Crippen LogP contribution in [0.5, 0.6) is 0 Å². The van der Waals surface area contributed by atoms with E-state index in [9.17, 15) is 9.59 Å². The third-order valence-corrected chi connectivity index (χ3v) is 2.77. The topological polar surface area (TPSA) is 104 Å². The number of carboxylic acid groups (broad SMARTS) is 1. The van der Waals surface area contributed by atoms with E-state index in [1.165, 1.54) is 30.9 Å². The number of carbonyl (C=O) groups is 2. The number of carboxylic acids is 1. The Morgan fingerprint density at radius 2 is 1.85 bits per heavy atom. The van der Waals surface area contributed by atoms with Crippen LogP contribution in [0.25, 0.3) is 0 Å². The maximum Gasteiger partial charge on any atom is 0.337 e. The Hall–Kier alpha value is -2.48. The van der Waals surface area contributed by atoms with Crippen LogP contribution in [0.2, 0.25) is 0 Å². The highest BCUT2D eigenvalue weighted by atomic mass is 79.9. The number of aromatic nitrogens is 2. The number of anilines is 2. The van der Waals surface area contributed by atoms with E-state index in [4.69, 9.17) is 5.11 Å². The lowest BCUT2D eigenvalue weighted by Crippen LogP contribution is -2.21. The average Bonchev–Trinajstić information content (AvgIpc) is 2.41. The number of amides is 2. The molecule has 1 aromatic carbocycles. The Balaban J connectivity index is 2.14. The van der Waals surface area contributed by atoms with Crippen LogP contribution in [0.4, 0.5) is 16.2 Å². The van der Waals surface area contributed by atoms with E-state index in [0.29, 0.717) is 10.2 Å². The molecule has 8 heteroatoms. The van der Waals surface area contributed by atoms with Crippen LogP contribution < -0.4 is 10.6 Å². The van der Waals surface area contributed by atoms with E-state index in [0.717, 1.165) is 0 Å². The van der Waals surface area contributed by atoms with Gasteiger partial charge in [0.15, 0.2) is 0 Å². The lowest BCUT2D eigenvalue weighted by Gasteiger charge is -2.09. The van der Waals surface area contributed by atoms with E-state index >= 15 is 0 Å². The summed E-state index contributed by atoms with van der Waals surface area (Å²) in [6, 6.07) is 3.95. The van der Waals surface area contributed by atoms with Crippen LogP contribution in [0.3, 0.4) is 0 Å². The highest BCUT2D eigenvalue weighted by Crippen LogP contribution is 2.21. The van der Waals surface area contributed by atoms with Gasteiger partial charge in [0.1, 0.15) is 6.33 Å². The van der Waals surface area contributed by atoms with Gasteiger partial charge in [-0.15, -0.1) is 0 Å². The first-order valence-electron chi connectivity index (χ1n) is 5.42. The molecule has 0 aliphatic carbocycles. The van der Waals surface area contributed by atoms with E-state index in [1.54, 1.807) is 6.07 Å². The lowest BCUT2D eigenvalue weighted by atomic mass is 10.2. The number of hydrogen-bond donors (Lipinski definition) is 3. The zero-order valence-corrected chi connectivity index (χ0v) is 11.6. The summed E-state index contributed by atoms with van der Waals surface area (Å²) in [7, 11) is 0. The number of nitrogens with zero attached hydrogens (tertiary/aromatic N) is 2. The van der Waals surface area contributed by atoms with E-state index in [-0.39, 0.29) is 11.3 Å². The first-order valence-corrected chi connectivity index (χ1v) is 6.21. The molecule has 0 radical (unpaired) electrons. The molecule has 2 amide bonds. The van der Waals surface area contributed by atoms with Crippen molar-refractivity contribution >= 4 is 39.3 Å². The second-order valence-corrected chi connectivity index (χ2v) is 4.62. The van der Waals surface area contributed by atoms with Gasteiger partial charge in [0.25, 0.3) is 0 Å². The molecule has 0 aliphatic heterocycles. The molecule has 0 saturated heterocycles. The van der Waals surface area contributed by atoms with Crippen molar-refractivity contribution in [1.29, 1.82) is 0 Å². The molecule has 20 heavy (non-hydrogen) atoms. The van der Waals surface area contributed by atoms with Crippen molar-refractivity contribution in [2.75, 3.05) is 10.6 Å². The Morgan fingerprint density at radius 1 is 1.15 bits per heavy atom. The molecule has 2 rings (SSSR count). The third-order valence-electron chi connectivity index (χ3n) is 2.28. The van der Waals surface area contributed by atoms with Crippen LogP contribution in [0, 0.1) is 0 Å². The Labute approximate surface area is 122 Å². The van der Waals surface area contributed by atoms with Crippen LogP contribution in [-0.4, -0.2) is 27.1 Å². The standard InChI is InChI=1S/C12H9BrN4O3/c13-7-1-2-10(9(3-7)11(18)19)17-12(20)16-8-4-14-6-15-5-8/h1-6H,(H,18,19)(H2,16,17,20). The van der Waals surface area contributed by atoms with Gasteiger partial charge in [0.05, 0.1) is 29.3 Å². The number of urea groups is 1. The molecule has 0 saturated carbocycles. The molecule has 2 aromatic rings. The normalized spacial score (nSPS) is 9.85. The molecule has 0 aliphatic rings. The number of halogens is 1. The molecule has 3 N–H and O–H groups in total. The minimum absolute atomic E-state index is 0.0150. The van der Waals surface area contributed by atoms with Crippen molar-refractivity contribution in [2.24, 2.45) is 0 Å². The van der Waals surface area contributed by atoms with Gasteiger partial charge in [0.2, 0.25) is 0 Å². The van der Waals surface area contributed by atoms with Gasteiger partial charge in [-0.2, -0.15) is 0 Å². The van der Waals surface area contributed by atoms with Gasteiger partial charge < -0.3 is 15.7 Å². The molecule has 1 heterocycles. The molecule has 0 fully saturated rings. The fraction of sp³-hybridized carbons (Fsp3) is 0. The highest BCUT2D eigenvalue weighted by molar-refractivity contribution is 9.10. The molecule has 1 aromatic heterocycles. The number of aromatic carboxylic acids is 1. The van der Waals surface area contributed by atoms with E-state index in [2.05, 4.69) is 36.5 Å². The summed E-state index contributed by atoms with van der Waals surface area (Å²) in [6.07, 6.45) is 4.18. The van der Waals surface area contributed by atoms with Crippen molar-refractivity contribution in [1.82, 2.24) is 9.97 Å². The summed E-state index contributed by atoms with van der Waals surface area (Å²) in [5, 5.41) is 14.0. The molecule has 0 unspecified atom stereocenters. The lowest BCUT2D eigenvalue weighted by molar-refractivity contribution is 0.0698. The molecular formula is C12H9BrN4O3. The Bertz CT molecular complexity index is 648. The molecule has 7 nitrogen and oxygen atoms in total. The van der Waals surface area contributed by atoms with Gasteiger partial charge >= 0.3 is 12.0 Å². The maximum absolute atomic E-state index is 11.8. The molecular weight excluding hydrogens is 328 g/mol. The van der Waals surface area contributed by atoms with Crippen LogP contribution >= 0.6 is 15.9 Å². The molecule has 102 valence electrons. The molecule has 0 atom stereocenters. The van der Waals surface area contributed by atoms with E-state index < -0.39 is 12.0 Å². The first kappa shape index (κ1) is 13.9. The Morgan fingerprint density at radius 3 is 2.50 bits per heavy atom. The highest BCUT2D eigenvalue weighted by Gasteiger charge is 2.13. The monoisotopic (exact) mass is 336 g/mol. The predicted molar refractivity (Wildman–Crippen MR) is 75.8 cm³/mol. The zero-order chi connectivity index (χ0) is 14.5. The largest absolute Gasteiger partial charge is 0.478 e. The molecule has 0 bridgehead atoms. The summed E-state index contributed by atoms with van der Waals surface area (Å²) in [6.45, 7) is 0. The van der Waals surface area contributed by atoms with Gasteiger partial charge in [0, 0.05) is 4.47 Å². The van der Waals surface area contributed by atoms with Gasteiger partial charge in [-0.05, 0) is 18.2 Å². The summed E-state index contributed by atoms with van der Waals surface area (Å²) in [4.78, 5) is 30.4. The van der Waals surface area contributed by atoms with Crippen molar-refractivity contribution in [3.63, 3.8) is 0 Å². The zero-order valence-electron chi connectivity index (χ0n) is 10.0. The summed E-state index contributed by atoms with van der Waals surface area (Å²) in [5.41, 5.74) is 0.577. The number of hydrogen-bond acceptors (Lipinski definition) is 4. The summed E-state index contributed by atoms with van der Waals surface area (Å²) < 4.78 is 0.609. The average molecular weight is 337 g/mol. The SMILES string of the molecule is O=C(Nc1cncnc1)Nc1ccc(Br)cc1C(=O)O. The number of carbonyl (C=O) groups excluding carboxylic acids is 1. The van der Waals surface area contributed by atoms with Crippen LogP contribution in [0.15, 0.2) is 41.4 Å². The van der Waals surface area contributed by atoms with Crippen molar-refractivity contribution in [3.8, 4) is 0 Å². The fourth-order valence-corrected chi connectivity index (χ4v) is 1.81. The number of rotatable bonds is 3. The van der Waals surface area contributed by atoms with E-state index in [1.807, 2.05) is 0 Å². The third kappa shape index (κ3) is 3.51.